The number of benzene rings is 1. The molecule has 1 amide bonds. The maximum Gasteiger partial charge on any atom is 0.317 e. The molecule has 0 radical (unpaired) electrons. The molecule has 1 aliphatic rings. The zero-order chi connectivity index (χ0) is 18.6. The lowest BCUT2D eigenvalue weighted by molar-refractivity contribution is -0.146. The van der Waals surface area contributed by atoms with E-state index in [9.17, 15) is 14.0 Å². The number of hydrogen-bond acceptors (Lipinski definition) is 4. The van der Waals surface area contributed by atoms with Gasteiger partial charge in [0.1, 0.15) is 5.82 Å². The molecule has 1 aliphatic heterocycles. The fourth-order valence-electron chi connectivity index (χ4n) is 3.04. The van der Waals surface area contributed by atoms with Crippen LogP contribution in [0.25, 0.3) is 0 Å². The van der Waals surface area contributed by atoms with Gasteiger partial charge in [-0.15, -0.1) is 0 Å². The minimum atomic E-state index is -0.899. The number of carboxylic acids is 1. The van der Waals surface area contributed by atoms with Crippen LogP contribution in [0.2, 0.25) is 0 Å². The molecule has 1 N–H and O–H groups in total. The lowest BCUT2D eigenvalue weighted by atomic mass is 9.83. The van der Waals surface area contributed by atoms with E-state index in [0.29, 0.717) is 26.2 Å². The average molecular weight is 352 g/mol. The van der Waals surface area contributed by atoms with E-state index in [1.165, 1.54) is 12.1 Å². The third kappa shape index (κ3) is 4.99. The lowest BCUT2D eigenvalue weighted by Gasteiger charge is -2.38. The number of halogens is 1. The van der Waals surface area contributed by atoms with E-state index < -0.39 is 11.4 Å². The lowest BCUT2D eigenvalue weighted by Crippen LogP contribution is -2.53. The smallest absolute Gasteiger partial charge is 0.317 e. The van der Waals surface area contributed by atoms with Gasteiger partial charge in [-0.05, 0) is 38.6 Å². The number of aliphatic carboxylic acids is 1. The molecule has 25 heavy (non-hydrogen) atoms. The second-order valence-corrected chi connectivity index (χ2v) is 6.97. The number of likely N-dealkylation sites (N-methyl/N-ethyl adjacent to an activating group) is 1. The Morgan fingerprint density at radius 1 is 1.36 bits per heavy atom. The van der Waals surface area contributed by atoms with Gasteiger partial charge in [0.15, 0.2) is 0 Å². The summed E-state index contributed by atoms with van der Waals surface area (Å²) in [6.45, 7) is 5.32. The van der Waals surface area contributed by atoms with Gasteiger partial charge in [0.05, 0.1) is 24.7 Å². The number of carboxylic acid groups (broad SMARTS) is 1. The van der Waals surface area contributed by atoms with Gasteiger partial charge in [0.25, 0.3) is 0 Å². The zero-order valence-corrected chi connectivity index (χ0v) is 14.9. The molecule has 1 aromatic carbocycles. The Bertz CT molecular complexity index is 618. The van der Waals surface area contributed by atoms with Crippen molar-refractivity contribution < 1.29 is 23.8 Å². The van der Waals surface area contributed by atoms with Gasteiger partial charge < -0.3 is 14.7 Å². The number of rotatable bonds is 6. The maximum atomic E-state index is 13.1. The highest BCUT2D eigenvalue weighted by molar-refractivity contribution is 5.87. The van der Waals surface area contributed by atoms with E-state index in [1.54, 1.807) is 29.0 Å². The zero-order valence-electron chi connectivity index (χ0n) is 14.9. The van der Waals surface area contributed by atoms with Crippen LogP contribution >= 0.6 is 0 Å². The normalized spacial score (nSPS) is 18.4. The molecule has 1 fully saturated rings. The molecule has 0 spiro atoms. The van der Waals surface area contributed by atoms with Gasteiger partial charge in [-0.3, -0.25) is 14.5 Å². The quantitative estimate of drug-likeness (QED) is 0.837. The number of carbonyl (C=O) groups excluding carboxylic acids is 1. The molecule has 1 unspecified atom stereocenters. The van der Waals surface area contributed by atoms with E-state index >= 15 is 0 Å². The van der Waals surface area contributed by atoms with Crippen molar-refractivity contribution in [1.82, 2.24) is 9.80 Å². The van der Waals surface area contributed by atoms with Crippen molar-refractivity contribution in [3.8, 4) is 0 Å². The van der Waals surface area contributed by atoms with Crippen molar-refractivity contribution in [3.63, 3.8) is 0 Å². The summed E-state index contributed by atoms with van der Waals surface area (Å²) < 4.78 is 18.8. The van der Waals surface area contributed by atoms with Gasteiger partial charge in [-0.1, -0.05) is 12.1 Å². The number of amides is 1. The second kappa shape index (κ2) is 7.93. The third-order valence-corrected chi connectivity index (χ3v) is 4.45. The van der Waals surface area contributed by atoms with Gasteiger partial charge in [-0.2, -0.15) is 0 Å². The summed E-state index contributed by atoms with van der Waals surface area (Å²) in [5.74, 6) is -1.28. The SMILES string of the molecule is CN(CC(=O)O)CC1CN(C(=O)C(C)(C)c2ccc(F)cc2)CCO1. The first-order valence-corrected chi connectivity index (χ1v) is 8.27. The maximum absolute atomic E-state index is 13.1. The minimum absolute atomic E-state index is 0.0479. The predicted molar refractivity (Wildman–Crippen MR) is 90.9 cm³/mol. The van der Waals surface area contributed by atoms with Gasteiger partial charge in [0.2, 0.25) is 5.91 Å². The summed E-state index contributed by atoms with van der Waals surface area (Å²) in [6, 6.07) is 5.97. The standard InChI is InChI=1S/C18H25FN2O4/c1-18(2,13-4-6-14(19)7-5-13)17(24)21-8-9-25-15(11-21)10-20(3)12-16(22)23/h4-7,15H,8-12H2,1-3H3,(H,22,23). The molecule has 1 heterocycles. The third-order valence-electron chi connectivity index (χ3n) is 4.45. The topological polar surface area (TPSA) is 70.1 Å². The van der Waals surface area contributed by atoms with E-state index in [-0.39, 0.29) is 24.4 Å². The molecule has 0 saturated carbocycles. The molecule has 1 aromatic rings. The summed E-state index contributed by atoms with van der Waals surface area (Å²) >= 11 is 0. The molecule has 1 saturated heterocycles. The molecule has 0 aliphatic carbocycles. The first-order valence-electron chi connectivity index (χ1n) is 8.27. The Morgan fingerprint density at radius 2 is 2.00 bits per heavy atom. The Hall–Kier alpha value is -1.99. The molecular formula is C18H25FN2O4. The first-order chi connectivity index (χ1) is 11.7. The van der Waals surface area contributed by atoms with E-state index in [2.05, 4.69) is 0 Å². The monoisotopic (exact) mass is 352 g/mol. The van der Waals surface area contributed by atoms with Gasteiger partial charge in [-0.25, -0.2) is 4.39 Å². The fourth-order valence-corrected chi connectivity index (χ4v) is 3.04. The molecule has 2 rings (SSSR count). The van der Waals surface area contributed by atoms with Crippen LogP contribution in [0.15, 0.2) is 24.3 Å². The molecule has 0 aromatic heterocycles. The number of hydrogen-bond donors (Lipinski definition) is 1. The van der Waals surface area contributed by atoms with Crippen molar-refractivity contribution in [2.75, 3.05) is 39.8 Å². The summed E-state index contributed by atoms with van der Waals surface area (Å²) in [5.41, 5.74) is -0.0207. The molecular weight excluding hydrogens is 327 g/mol. The van der Waals surface area contributed by atoms with Crippen LogP contribution in [-0.2, 0) is 19.7 Å². The van der Waals surface area contributed by atoms with E-state index in [1.807, 2.05) is 13.8 Å². The Balaban J connectivity index is 2.03. The summed E-state index contributed by atoms with van der Waals surface area (Å²) in [7, 11) is 1.71. The van der Waals surface area contributed by atoms with Crippen molar-refractivity contribution in [3.05, 3.63) is 35.6 Å². The van der Waals surface area contributed by atoms with E-state index in [4.69, 9.17) is 9.84 Å². The Kier molecular flexibility index (Phi) is 6.13. The molecule has 7 heteroatoms. The molecule has 6 nitrogen and oxygen atoms in total. The summed E-state index contributed by atoms with van der Waals surface area (Å²) in [4.78, 5) is 27.1. The van der Waals surface area contributed by atoms with Crippen LogP contribution in [0, 0.1) is 5.82 Å². The Morgan fingerprint density at radius 3 is 2.60 bits per heavy atom. The van der Waals surface area contributed by atoms with Crippen LogP contribution in [0.1, 0.15) is 19.4 Å². The minimum Gasteiger partial charge on any atom is -0.480 e. The molecule has 1 atom stereocenters. The van der Waals surface area contributed by atoms with Gasteiger partial charge >= 0.3 is 5.97 Å². The van der Waals surface area contributed by atoms with Crippen molar-refractivity contribution in [2.24, 2.45) is 0 Å². The molecule has 138 valence electrons. The predicted octanol–water partition coefficient (Wildman–Crippen LogP) is 1.35. The average Bonchev–Trinajstić information content (AvgIpc) is 2.54. The Labute approximate surface area is 147 Å². The largest absolute Gasteiger partial charge is 0.480 e. The van der Waals surface area contributed by atoms with Gasteiger partial charge in [0, 0.05) is 19.6 Å². The number of carbonyl (C=O) groups is 2. The van der Waals surface area contributed by atoms with Crippen molar-refractivity contribution >= 4 is 11.9 Å². The number of nitrogens with zero attached hydrogens (tertiary/aromatic N) is 2. The first kappa shape index (κ1) is 19.3. The van der Waals surface area contributed by atoms with Crippen molar-refractivity contribution in [2.45, 2.75) is 25.4 Å². The van der Waals surface area contributed by atoms with Crippen molar-refractivity contribution in [1.29, 1.82) is 0 Å². The van der Waals surface area contributed by atoms with Crippen LogP contribution in [0.4, 0.5) is 4.39 Å². The van der Waals surface area contributed by atoms with Crippen LogP contribution in [0.3, 0.4) is 0 Å². The highest BCUT2D eigenvalue weighted by Gasteiger charge is 2.36. The van der Waals surface area contributed by atoms with Crippen LogP contribution in [-0.4, -0.2) is 72.7 Å². The highest BCUT2D eigenvalue weighted by Crippen LogP contribution is 2.27. The number of ether oxygens (including phenoxy) is 1. The molecule has 0 bridgehead atoms. The van der Waals surface area contributed by atoms with E-state index in [0.717, 1.165) is 5.56 Å². The highest BCUT2D eigenvalue weighted by atomic mass is 19.1. The van der Waals surface area contributed by atoms with Crippen LogP contribution < -0.4 is 0 Å². The summed E-state index contributed by atoms with van der Waals surface area (Å²) in [6.07, 6.45) is -0.230. The second-order valence-electron chi connectivity index (χ2n) is 6.97. The van der Waals surface area contributed by atoms with Crippen LogP contribution in [0.5, 0.6) is 0 Å². The fraction of sp³-hybridized carbons (Fsp3) is 0.556. The summed E-state index contributed by atoms with van der Waals surface area (Å²) in [5, 5.41) is 8.83. The number of morpholine rings is 1.